The third kappa shape index (κ3) is 6.53. The van der Waals surface area contributed by atoms with Gasteiger partial charge in [0.1, 0.15) is 18.7 Å². The lowest BCUT2D eigenvalue weighted by molar-refractivity contribution is 0.214. The molecule has 2 bridgehead atoms. The summed E-state index contributed by atoms with van der Waals surface area (Å²) in [5.41, 5.74) is 4.71. The van der Waals surface area contributed by atoms with Crippen molar-refractivity contribution in [3.05, 3.63) is 64.3 Å². The Bertz CT molecular complexity index is 1600. The molecule has 0 aliphatic carbocycles. The molecule has 16 heteroatoms. The second-order valence-corrected chi connectivity index (χ2v) is 11.6. The maximum Gasteiger partial charge on any atom is 0.333 e. The molecule has 4 heterocycles. The van der Waals surface area contributed by atoms with E-state index in [1.165, 1.54) is 26.4 Å². The van der Waals surface area contributed by atoms with E-state index >= 15 is 0 Å². The van der Waals surface area contributed by atoms with Gasteiger partial charge in [-0.2, -0.15) is 10.2 Å². The quantitative estimate of drug-likeness (QED) is 0.176. The van der Waals surface area contributed by atoms with Gasteiger partial charge in [-0.05, 0) is 31.2 Å². The van der Waals surface area contributed by atoms with Crippen molar-refractivity contribution in [2.75, 3.05) is 26.3 Å². The number of anilines is 1. The van der Waals surface area contributed by atoms with Crippen molar-refractivity contribution in [3.8, 4) is 28.3 Å². The van der Waals surface area contributed by atoms with E-state index in [0.29, 0.717) is 51.6 Å². The van der Waals surface area contributed by atoms with Crippen LogP contribution in [0.2, 0.25) is 10.3 Å². The molecule has 0 saturated carbocycles. The van der Waals surface area contributed by atoms with E-state index in [4.69, 9.17) is 58.5 Å². The lowest BCUT2D eigenvalue weighted by Gasteiger charge is -2.24. The Morgan fingerprint density at radius 3 is 2.69 bits per heavy atom. The molecule has 1 aromatic carbocycles. The molecule has 0 fully saturated rings. The summed E-state index contributed by atoms with van der Waals surface area (Å²) in [6.45, 7) is 1.80. The Labute approximate surface area is 253 Å². The number of nitrogens with zero attached hydrogens (tertiary/aromatic N) is 5. The monoisotopic (exact) mass is 604 g/mol. The van der Waals surface area contributed by atoms with Crippen LogP contribution in [0.15, 0.2) is 36.7 Å². The largest absolute Gasteiger partial charge is 0.482 e. The Hall–Kier alpha value is -2.89. The van der Waals surface area contributed by atoms with Gasteiger partial charge in [-0.25, -0.2) is 9.37 Å². The Balaban J connectivity index is 1.70. The SMILES string of the molecule is [B]C([B])([B])Cn1nc(Cl)c2c1-c1cnc(NCOP(OC)OC)c(c1)O[C@H](C)c1cc(F)ccc1-c1nn(C)cc1C2. The van der Waals surface area contributed by atoms with Crippen molar-refractivity contribution in [1.82, 2.24) is 24.5 Å². The summed E-state index contributed by atoms with van der Waals surface area (Å²) < 4.78 is 40.2. The second kappa shape index (κ2) is 12.4. The van der Waals surface area contributed by atoms with Crippen LogP contribution in [-0.2, 0) is 33.6 Å². The molecule has 212 valence electrons. The average molecular weight is 604 g/mol. The van der Waals surface area contributed by atoms with Crippen LogP contribution in [0.4, 0.5) is 10.2 Å². The lowest BCUT2D eigenvalue weighted by atomic mass is 9.43. The number of fused-ring (bicyclic) bond motifs is 7. The molecule has 6 radical (unpaired) electrons. The van der Waals surface area contributed by atoms with Crippen LogP contribution in [0.1, 0.15) is 29.7 Å². The molecule has 1 N–H and O–H groups in total. The van der Waals surface area contributed by atoms with Gasteiger partial charge < -0.3 is 19.1 Å². The fraction of sp³-hybridized carbons (Fsp3) is 0.346. The zero-order valence-corrected chi connectivity index (χ0v) is 25.1. The minimum atomic E-state index is -1.57. The zero-order chi connectivity index (χ0) is 30.2. The van der Waals surface area contributed by atoms with Crippen LogP contribution < -0.4 is 10.1 Å². The second-order valence-electron chi connectivity index (χ2n) is 9.84. The summed E-state index contributed by atoms with van der Waals surface area (Å²) in [7, 11) is 21.2. The molecule has 0 unspecified atom stereocenters. The van der Waals surface area contributed by atoms with Gasteiger partial charge in [-0.1, -0.05) is 11.6 Å². The molecule has 0 amide bonds. The lowest BCUT2D eigenvalue weighted by Crippen LogP contribution is -2.22. The maximum absolute atomic E-state index is 14.6. The van der Waals surface area contributed by atoms with Crippen molar-refractivity contribution in [2.24, 2.45) is 7.05 Å². The van der Waals surface area contributed by atoms with Crippen LogP contribution in [-0.4, -0.2) is 69.0 Å². The number of nitrogens with one attached hydrogen (secondary N) is 1. The van der Waals surface area contributed by atoms with E-state index in [-0.39, 0.29) is 18.4 Å². The molecule has 0 saturated heterocycles. The Morgan fingerprint density at radius 1 is 1.21 bits per heavy atom. The third-order valence-electron chi connectivity index (χ3n) is 6.54. The summed E-state index contributed by atoms with van der Waals surface area (Å²) >= 11 is 6.74. The standard InChI is InChI=1S/C26H26B3ClFN6O4P/c1-14-19-9-17(31)5-6-18(19)22-16(11-36(2)34-22)7-20-23(37(35-24(20)30)12-26(27,28)29)15-8-21(41-14)25(32-10-15)33-13-40-42(38-3)39-4/h5-6,8-11,14H,7,12-13H2,1-4H3,(H,32,33)/t14-/m1/s1. The summed E-state index contributed by atoms with van der Waals surface area (Å²) in [6.07, 6.45) is 3.26. The smallest absolute Gasteiger partial charge is 0.333 e. The number of pyridine rings is 1. The molecule has 1 atom stereocenters. The molecule has 3 aromatic heterocycles. The van der Waals surface area contributed by atoms with Crippen LogP contribution in [0.5, 0.6) is 5.75 Å². The molecular weight excluding hydrogens is 578 g/mol. The van der Waals surface area contributed by atoms with Crippen LogP contribution >= 0.6 is 20.2 Å². The van der Waals surface area contributed by atoms with Gasteiger partial charge in [0.2, 0.25) is 0 Å². The highest BCUT2D eigenvalue weighted by Gasteiger charge is 2.27. The minimum Gasteiger partial charge on any atom is -0.482 e. The van der Waals surface area contributed by atoms with Crippen molar-refractivity contribution >= 4 is 49.6 Å². The number of aromatic nitrogens is 5. The normalized spacial score (nSPS) is 14.8. The van der Waals surface area contributed by atoms with Gasteiger partial charge in [0.25, 0.3) is 0 Å². The number of halogens is 2. The fourth-order valence-corrected chi connectivity index (χ4v) is 5.65. The van der Waals surface area contributed by atoms with E-state index in [0.717, 1.165) is 5.56 Å². The predicted molar refractivity (Wildman–Crippen MR) is 161 cm³/mol. The van der Waals surface area contributed by atoms with Crippen molar-refractivity contribution < 1.29 is 22.7 Å². The molecule has 1 aliphatic rings. The highest BCUT2D eigenvalue weighted by atomic mass is 35.5. The number of benzene rings is 1. The topological polar surface area (TPSA) is 97.5 Å². The number of ether oxygens (including phenoxy) is 1. The van der Waals surface area contributed by atoms with Gasteiger partial charge in [-0.3, -0.25) is 13.9 Å². The minimum absolute atomic E-state index is 0.0119. The Morgan fingerprint density at radius 2 is 1.98 bits per heavy atom. The van der Waals surface area contributed by atoms with Crippen LogP contribution in [0, 0.1) is 5.82 Å². The number of hydrogen-bond acceptors (Lipinski definition) is 8. The highest BCUT2D eigenvalue weighted by Crippen LogP contribution is 2.42. The summed E-state index contributed by atoms with van der Waals surface area (Å²) in [4.78, 5) is 4.62. The molecule has 4 aromatic rings. The van der Waals surface area contributed by atoms with Gasteiger partial charge in [0, 0.05) is 74.4 Å². The van der Waals surface area contributed by atoms with Gasteiger partial charge >= 0.3 is 8.60 Å². The molecule has 5 rings (SSSR count). The summed E-state index contributed by atoms with van der Waals surface area (Å²) in [5.74, 6) is 0.320. The molecule has 10 nitrogen and oxygen atoms in total. The van der Waals surface area contributed by atoms with Crippen LogP contribution in [0.3, 0.4) is 0 Å². The first-order valence-electron chi connectivity index (χ1n) is 12.8. The first kappa shape index (κ1) is 30.6. The van der Waals surface area contributed by atoms with E-state index in [1.807, 2.05) is 20.2 Å². The summed E-state index contributed by atoms with van der Waals surface area (Å²) in [5, 5.41) is 11.0. The summed E-state index contributed by atoms with van der Waals surface area (Å²) in [6, 6.07) is 6.32. The van der Waals surface area contributed by atoms with E-state index in [2.05, 4.69) is 15.4 Å². The first-order chi connectivity index (χ1) is 20.0. The average Bonchev–Trinajstić information content (AvgIpc) is 3.43. The molecule has 1 aliphatic heterocycles. The van der Waals surface area contributed by atoms with E-state index in [1.54, 1.807) is 27.7 Å². The van der Waals surface area contributed by atoms with Gasteiger partial charge in [0.05, 0.1) is 34.9 Å². The zero-order valence-electron chi connectivity index (χ0n) is 23.5. The van der Waals surface area contributed by atoms with Crippen molar-refractivity contribution in [1.29, 1.82) is 0 Å². The first-order valence-corrected chi connectivity index (χ1v) is 14.3. The number of rotatable bonds is 8. The maximum atomic E-state index is 14.6. The van der Waals surface area contributed by atoms with E-state index in [9.17, 15) is 4.39 Å². The van der Waals surface area contributed by atoms with Crippen molar-refractivity contribution in [3.63, 3.8) is 0 Å². The Kier molecular flexibility index (Phi) is 9.01. The van der Waals surface area contributed by atoms with Gasteiger partial charge in [-0.15, -0.1) is 5.11 Å². The highest BCUT2D eigenvalue weighted by molar-refractivity contribution is 7.41. The fourth-order valence-electron chi connectivity index (χ4n) is 4.88. The van der Waals surface area contributed by atoms with E-state index < -0.39 is 25.6 Å². The number of hydrogen-bond donors (Lipinski definition) is 1. The molecule has 42 heavy (non-hydrogen) atoms. The van der Waals surface area contributed by atoms with Crippen LogP contribution in [0.25, 0.3) is 22.5 Å². The molecule has 0 spiro atoms. The number of aryl methyl sites for hydroxylation is 1. The third-order valence-corrected chi connectivity index (χ3v) is 7.78. The van der Waals surface area contributed by atoms with Crippen molar-refractivity contribution in [2.45, 2.75) is 31.1 Å². The van der Waals surface area contributed by atoms with Gasteiger partial charge in [0.15, 0.2) is 16.7 Å². The predicted octanol–water partition coefficient (Wildman–Crippen LogP) is 4.67. The molecular formula is C26H26B3ClFN6O4P.